The second-order valence-electron chi connectivity index (χ2n) is 20.5. The van der Waals surface area contributed by atoms with Crippen molar-refractivity contribution in [3.8, 4) is 24.7 Å². The van der Waals surface area contributed by atoms with Crippen LogP contribution >= 0.6 is 0 Å². The van der Waals surface area contributed by atoms with Gasteiger partial charge in [0.15, 0.2) is 45.2 Å². The molecule has 0 spiro atoms. The molecule has 2 aliphatic heterocycles. The highest BCUT2D eigenvalue weighted by Gasteiger charge is 2.69. The maximum atomic E-state index is 15.0. The second kappa shape index (κ2) is 13.9. The molecule has 0 aromatic carbocycles. The lowest BCUT2D eigenvalue weighted by molar-refractivity contribution is -0.240. The van der Waals surface area contributed by atoms with E-state index in [1.165, 1.54) is 12.7 Å². The van der Waals surface area contributed by atoms with Crippen LogP contribution in [0.5, 0.6) is 0 Å². The highest BCUT2D eigenvalue weighted by Crippen LogP contribution is 2.68. The van der Waals surface area contributed by atoms with E-state index in [0.717, 1.165) is 38.5 Å². The Hall–Kier alpha value is -5.21. The van der Waals surface area contributed by atoms with Crippen molar-refractivity contribution >= 4 is 40.1 Å². The summed E-state index contributed by atoms with van der Waals surface area (Å²) in [6, 6.07) is 0. The molecule has 6 N–H and O–H groups in total. The zero-order valence-corrected chi connectivity index (χ0v) is 35.1. The first-order valence-electron chi connectivity index (χ1n) is 22.6. The zero-order chi connectivity index (χ0) is 44.1. The Bertz CT molecular complexity index is 2480. The number of aliphatic hydroxyl groups is 2. The second-order valence-corrected chi connectivity index (χ2v) is 20.5. The third-order valence-corrected chi connectivity index (χ3v) is 17.3. The van der Waals surface area contributed by atoms with E-state index in [-0.39, 0.29) is 57.6 Å². The zero-order valence-electron chi connectivity index (χ0n) is 35.1. The number of aromatic nitrogens is 8. The number of fused-ring (bicyclic) bond motifs is 2. The van der Waals surface area contributed by atoms with Gasteiger partial charge >= 0.3 is 18.3 Å². The van der Waals surface area contributed by atoms with Gasteiger partial charge in [-0.2, -0.15) is 28.7 Å². The summed E-state index contributed by atoms with van der Waals surface area (Å²) < 4.78 is 59.3. The van der Waals surface area contributed by atoms with Gasteiger partial charge in [0.25, 0.3) is 0 Å². The number of terminal acetylenes is 2. The van der Waals surface area contributed by atoms with Crippen LogP contribution in [0.3, 0.4) is 0 Å². The number of imidazole rings is 2. The summed E-state index contributed by atoms with van der Waals surface area (Å²) in [6.45, 7) is -0.991. The summed E-state index contributed by atoms with van der Waals surface area (Å²) in [4.78, 5) is 38.9. The number of nitrogens with two attached hydrogens (primary N) is 2. The molecular weight excluding hydrogens is 831 g/mol. The Balaban J connectivity index is 0.878. The molecule has 10 aliphatic rings. The summed E-state index contributed by atoms with van der Waals surface area (Å²) in [5.74, 6) is 5.49. The minimum absolute atomic E-state index is 0.111. The van der Waals surface area contributed by atoms with Gasteiger partial charge < -0.3 is 40.6 Å². The minimum Gasteiger partial charge on any atom is -0.427 e. The Morgan fingerprint density at radius 2 is 1.08 bits per heavy atom. The molecule has 4 aromatic heterocycles. The smallest absolute Gasteiger partial charge is 0.427 e. The summed E-state index contributed by atoms with van der Waals surface area (Å²) in [7, 11) is 0. The number of hydrogen-bond acceptors (Lipinski definition) is 15. The summed E-state index contributed by atoms with van der Waals surface area (Å²) in [6.07, 6.45) is 20.2. The molecule has 64 heavy (non-hydrogen) atoms. The first-order chi connectivity index (χ1) is 30.8. The largest absolute Gasteiger partial charge is 0.509 e. The number of rotatable bonds is 8. The van der Waals surface area contributed by atoms with Crippen LogP contribution in [-0.4, -0.2) is 91.0 Å². The standard InChI is InChI=1S/C45H50F2N10O7/c1-3-42(17-58)27(11-29(61-42)56-19-50-33-35(48)52-39(46)54-37(33)56)31-25-7-21-5-22(8-25)14-44(31,13-21)63-41(60)64-45-15-23-6-24(16-45)10-26(9-23)32(45)28-12-30(62-43(28,4-2)18-59)57-20-51-34-36(49)53-40(47)55-38(34)57/h1-2,19-32,58-59H,5-18H2,(H2,48,52,54)(H2,49,53,55)/t21?,22?,23?,24?,25?,26?,27-,28-,29+,30+,31?,32?,42+,43+,44?,45?/m0/s1. The molecule has 10 fully saturated rings. The van der Waals surface area contributed by atoms with Crippen molar-refractivity contribution in [3.63, 3.8) is 0 Å². The lowest BCUT2D eigenvalue weighted by Crippen LogP contribution is -2.65. The van der Waals surface area contributed by atoms with Gasteiger partial charge in [-0.15, -0.1) is 12.8 Å². The van der Waals surface area contributed by atoms with E-state index in [0.29, 0.717) is 62.2 Å². The average molecular weight is 881 g/mol. The van der Waals surface area contributed by atoms with Crippen LogP contribution in [0.1, 0.15) is 89.5 Å². The molecule has 8 saturated carbocycles. The number of aliphatic hydroxyl groups excluding tert-OH is 2. The van der Waals surface area contributed by atoms with Gasteiger partial charge in [0.1, 0.15) is 23.7 Å². The number of carbonyl (C=O) groups is 1. The van der Waals surface area contributed by atoms with E-state index in [2.05, 4.69) is 41.7 Å². The number of hydrogen-bond donors (Lipinski definition) is 4. The average Bonchev–Trinajstić information content (AvgIpc) is 4.03. The molecule has 0 radical (unpaired) electrons. The van der Waals surface area contributed by atoms with Gasteiger partial charge in [-0.25, -0.2) is 14.8 Å². The SMILES string of the molecule is C#C[C@]1(CO)O[C@@H](n2cnc3c(N)nc(F)nc32)C[C@H]1C1C2CC3CC(C2)CC1(OC(=O)OC12CC4CC(CC(C4)C1[C@@H]1C[C@H](n4cnc5c(N)nc(F)nc54)O[C@]1(C#C)CO)C2)C3. The highest BCUT2D eigenvalue weighted by atomic mass is 19.1. The Kier molecular flexibility index (Phi) is 8.76. The van der Waals surface area contributed by atoms with Crippen LogP contribution in [0.15, 0.2) is 12.7 Å². The van der Waals surface area contributed by atoms with Crippen LogP contribution in [0.4, 0.5) is 25.2 Å². The van der Waals surface area contributed by atoms with Gasteiger partial charge in [0.05, 0.1) is 25.9 Å². The fraction of sp³-hybridized carbons (Fsp3) is 0.667. The molecular formula is C45H50F2N10O7. The van der Waals surface area contributed by atoms with E-state index in [1.807, 2.05) is 0 Å². The molecule has 8 aliphatic carbocycles. The molecule has 0 amide bonds. The number of nitrogens with zero attached hydrogens (tertiary/aromatic N) is 8. The highest BCUT2D eigenvalue weighted by molar-refractivity contribution is 5.82. The van der Waals surface area contributed by atoms with Crippen molar-refractivity contribution in [1.82, 2.24) is 39.0 Å². The molecule has 2 saturated heterocycles. The quantitative estimate of drug-likeness (QED) is 0.109. The molecule has 8 bridgehead atoms. The monoisotopic (exact) mass is 880 g/mol. The molecule has 14 rings (SSSR count). The molecule has 17 nitrogen and oxygen atoms in total. The molecule has 12 atom stereocenters. The van der Waals surface area contributed by atoms with Crippen LogP contribution in [0, 0.1) is 96.0 Å². The van der Waals surface area contributed by atoms with Crippen LogP contribution in [0.2, 0.25) is 0 Å². The fourth-order valence-electron chi connectivity index (χ4n) is 15.8. The first-order valence-corrected chi connectivity index (χ1v) is 22.6. The molecule has 6 heterocycles. The molecule has 19 heteroatoms. The number of ether oxygens (including phenoxy) is 4. The van der Waals surface area contributed by atoms with Crippen molar-refractivity contribution in [2.24, 2.45) is 59.2 Å². The number of anilines is 2. The maximum Gasteiger partial charge on any atom is 0.509 e. The third kappa shape index (κ3) is 5.66. The maximum absolute atomic E-state index is 15.0. The topological polar surface area (TPSA) is 234 Å². The third-order valence-electron chi connectivity index (χ3n) is 17.3. The fourth-order valence-corrected chi connectivity index (χ4v) is 15.8. The summed E-state index contributed by atoms with van der Waals surface area (Å²) in [5.41, 5.74) is 7.88. The minimum atomic E-state index is -1.46. The van der Waals surface area contributed by atoms with Gasteiger partial charge in [-0.05, 0) is 113 Å². The van der Waals surface area contributed by atoms with Gasteiger partial charge in [-0.1, -0.05) is 11.8 Å². The number of nitrogen functional groups attached to an aromatic ring is 2. The predicted octanol–water partition coefficient (Wildman–Crippen LogP) is 4.45. The lowest BCUT2D eigenvalue weighted by Gasteiger charge is -2.63. The van der Waals surface area contributed by atoms with E-state index in [1.54, 1.807) is 9.13 Å². The summed E-state index contributed by atoms with van der Waals surface area (Å²) in [5, 5.41) is 22.3. The van der Waals surface area contributed by atoms with E-state index >= 15 is 4.79 Å². The van der Waals surface area contributed by atoms with E-state index in [4.69, 9.17) is 43.3 Å². The van der Waals surface area contributed by atoms with Crippen molar-refractivity contribution in [2.75, 3.05) is 24.7 Å². The van der Waals surface area contributed by atoms with Crippen molar-refractivity contribution in [2.45, 2.75) is 112 Å². The Morgan fingerprint density at radius 1 is 0.688 bits per heavy atom. The summed E-state index contributed by atoms with van der Waals surface area (Å²) >= 11 is 0. The number of halogens is 2. The van der Waals surface area contributed by atoms with Crippen LogP contribution in [-0.2, 0) is 18.9 Å². The molecule has 4 aromatic rings. The van der Waals surface area contributed by atoms with Gasteiger partial charge in [0.2, 0.25) is 0 Å². The predicted molar refractivity (Wildman–Crippen MR) is 220 cm³/mol. The normalized spacial score (nSPS) is 42.7. The lowest BCUT2D eigenvalue weighted by atomic mass is 9.46. The van der Waals surface area contributed by atoms with Gasteiger partial charge in [0, 0.05) is 23.7 Å². The Morgan fingerprint density at radius 3 is 1.44 bits per heavy atom. The number of carbonyl (C=O) groups excluding carboxylic acids is 1. The molecule has 6 unspecified atom stereocenters. The van der Waals surface area contributed by atoms with Crippen molar-refractivity contribution < 1.29 is 42.7 Å². The molecule has 336 valence electrons. The van der Waals surface area contributed by atoms with Crippen LogP contribution in [0.25, 0.3) is 22.3 Å². The first kappa shape index (κ1) is 40.3. The van der Waals surface area contributed by atoms with Crippen molar-refractivity contribution in [3.05, 3.63) is 24.8 Å². The van der Waals surface area contributed by atoms with E-state index < -0.39 is 78.2 Å². The van der Waals surface area contributed by atoms with Crippen LogP contribution < -0.4 is 11.5 Å². The van der Waals surface area contributed by atoms with Crippen molar-refractivity contribution in [1.29, 1.82) is 0 Å². The van der Waals surface area contributed by atoms with E-state index in [9.17, 15) is 19.0 Å². The van der Waals surface area contributed by atoms with Gasteiger partial charge in [-0.3, -0.25) is 9.13 Å². The Labute approximate surface area is 366 Å².